The Bertz CT molecular complexity index is 1080. The molecule has 1 aliphatic heterocycles. The zero-order chi connectivity index (χ0) is 21.3. The molecule has 14 nitrogen and oxygen atoms in total. The minimum Gasteiger partial charge on any atom is -0.388 e. The van der Waals surface area contributed by atoms with E-state index < -0.39 is 34.2 Å². The summed E-state index contributed by atoms with van der Waals surface area (Å²) in [5, 5.41) is 15.3. The molecule has 2 amide bonds. The first-order valence-electron chi connectivity index (χ1n) is 7.96. The van der Waals surface area contributed by atoms with Gasteiger partial charge in [-0.25, -0.2) is 9.29 Å². The highest BCUT2D eigenvalue weighted by molar-refractivity contribution is 7.84. The van der Waals surface area contributed by atoms with Gasteiger partial charge in [0.1, 0.15) is 17.4 Å². The summed E-state index contributed by atoms with van der Waals surface area (Å²) in [6, 6.07) is -2.16. The zero-order valence-electron chi connectivity index (χ0n) is 15.1. The van der Waals surface area contributed by atoms with Gasteiger partial charge in [-0.2, -0.15) is 8.42 Å². The number of anilines is 1. The number of aromatic nitrogens is 4. The van der Waals surface area contributed by atoms with Crippen LogP contribution in [-0.4, -0.2) is 66.9 Å². The molecule has 0 radical (unpaired) electrons. The highest BCUT2D eigenvalue weighted by atomic mass is 32.2. The van der Waals surface area contributed by atoms with Gasteiger partial charge in [-0.3, -0.25) is 18.8 Å². The Kier molecular flexibility index (Phi) is 5.49. The van der Waals surface area contributed by atoms with E-state index in [1.54, 1.807) is 13.2 Å². The van der Waals surface area contributed by atoms with Crippen LogP contribution in [-0.2, 0) is 38.4 Å². The van der Waals surface area contributed by atoms with Crippen LogP contribution in [0.2, 0.25) is 0 Å². The first-order chi connectivity index (χ1) is 13.6. The average molecular weight is 444 g/mol. The van der Waals surface area contributed by atoms with Crippen LogP contribution in [0.3, 0.4) is 0 Å². The van der Waals surface area contributed by atoms with Crippen LogP contribution >= 0.6 is 11.3 Å². The Morgan fingerprint density at radius 1 is 1.52 bits per heavy atom. The van der Waals surface area contributed by atoms with E-state index in [0.717, 1.165) is 11.3 Å². The number of rotatable bonds is 7. The van der Waals surface area contributed by atoms with Crippen LogP contribution in [0, 0.1) is 0 Å². The number of carbonyl (C=O) groups is 2. The van der Waals surface area contributed by atoms with Gasteiger partial charge in [-0.05, 0) is 6.92 Å². The number of carbonyl (C=O) groups excluding carboxylic acids is 2. The Morgan fingerprint density at radius 2 is 2.24 bits per heavy atom. The zero-order valence-corrected chi connectivity index (χ0v) is 16.7. The second-order valence-electron chi connectivity index (χ2n) is 5.97. The molecule has 1 fully saturated rings. The lowest BCUT2D eigenvalue weighted by molar-refractivity contribution is -0.143. The molecule has 2 atom stereocenters. The number of β-lactam (4-membered cyclic amide) rings is 1. The van der Waals surface area contributed by atoms with Gasteiger partial charge < -0.3 is 15.9 Å². The van der Waals surface area contributed by atoms with Gasteiger partial charge in [0.15, 0.2) is 17.5 Å². The van der Waals surface area contributed by atoms with Crippen LogP contribution in [0.1, 0.15) is 18.3 Å². The summed E-state index contributed by atoms with van der Waals surface area (Å²) in [5.41, 5.74) is 5.89. The summed E-state index contributed by atoms with van der Waals surface area (Å²) in [4.78, 5) is 33.7. The first kappa shape index (κ1) is 20.6. The van der Waals surface area contributed by atoms with Crippen molar-refractivity contribution in [1.82, 2.24) is 29.6 Å². The maximum atomic E-state index is 12.6. The molecule has 0 bridgehead atoms. The van der Waals surface area contributed by atoms with E-state index in [2.05, 4.69) is 25.8 Å². The third kappa shape index (κ3) is 4.33. The second kappa shape index (κ2) is 7.72. The molecule has 1 saturated heterocycles. The number of oxime groups is 1. The second-order valence-corrected chi connectivity index (χ2v) is 8.15. The van der Waals surface area contributed by atoms with Crippen LogP contribution < -0.4 is 11.1 Å². The number of hydrogen-bond acceptors (Lipinski definition) is 11. The van der Waals surface area contributed by atoms with E-state index in [9.17, 15) is 18.0 Å². The van der Waals surface area contributed by atoms with Gasteiger partial charge in [0.25, 0.3) is 11.8 Å². The summed E-state index contributed by atoms with van der Waals surface area (Å²) in [6.45, 7) is 1.27. The van der Waals surface area contributed by atoms with Gasteiger partial charge in [0.2, 0.25) is 0 Å². The van der Waals surface area contributed by atoms with Crippen molar-refractivity contribution in [2.45, 2.75) is 25.6 Å². The predicted octanol–water partition coefficient (Wildman–Crippen LogP) is -1.71. The third-order valence-electron chi connectivity index (χ3n) is 3.87. The van der Waals surface area contributed by atoms with Crippen molar-refractivity contribution >= 4 is 44.3 Å². The monoisotopic (exact) mass is 444 g/mol. The smallest absolute Gasteiger partial charge is 0.362 e. The van der Waals surface area contributed by atoms with Crippen LogP contribution in [0.25, 0.3) is 0 Å². The minimum absolute atomic E-state index is 0.0838. The molecular weight excluding hydrogens is 428 g/mol. The molecule has 3 heterocycles. The van der Waals surface area contributed by atoms with Crippen molar-refractivity contribution in [3.05, 3.63) is 23.0 Å². The summed E-state index contributed by atoms with van der Waals surface area (Å²) in [5.74, 6) is -1.82. The van der Waals surface area contributed by atoms with Crippen LogP contribution in [0.15, 0.2) is 16.7 Å². The fourth-order valence-electron chi connectivity index (χ4n) is 2.54. The van der Waals surface area contributed by atoms with Gasteiger partial charge in [-0.15, -0.1) is 16.4 Å². The lowest BCUT2D eigenvalue weighted by Crippen LogP contribution is -2.71. The van der Waals surface area contributed by atoms with Crippen molar-refractivity contribution < 1.29 is 27.4 Å². The maximum Gasteiger partial charge on any atom is 0.362 e. The quantitative estimate of drug-likeness (QED) is 0.191. The van der Waals surface area contributed by atoms with Crippen molar-refractivity contribution in [2.75, 3.05) is 5.73 Å². The molecule has 156 valence electrons. The van der Waals surface area contributed by atoms with Crippen LogP contribution in [0.5, 0.6) is 0 Å². The standard InChI is InChI=1S/C13H16N8O6S2/c1-6-9(12(23)21(6)29(24,25)26)16-11(22)10(8-5-28-13(14)15-8)18-27-4-7-3-20(2)19-17-7/h3,5-6,9H,4H2,1-2H3,(H2,14,15)(H,16,22)(H,24,25,26)/b18-10-/t6-,9-/m0/s1. The Hall–Kier alpha value is -3.11. The molecule has 3 rings (SSSR count). The fraction of sp³-hybridized carbons (Fsp3) is 0.385. The lowest BCUT2D eigenvalue weighted by Gasteiger charge is -2.42. The normalized spacial score (nSPS) is 19.8. The van der Waals surface area contributed by atoms with Crippen LogP contribution in [0.4, 0.5) is 5.13 Å². The molecule has 2 aromatic rings. The molecule has 0 aromatic carbocycles. The number of thiazole rings is 1. The summed E-state index contributed by atoms with van der Waals surface area (Å²) >= 11 is 1.06. The number of amides is 2. The Balaban J connectivity index is 1.75. The summed E-state index contributed by atoms with van der Waals surface area (Å²) in [7, 11) is -3.04. The van der Waals surface area contributed by atoms with E-state index in [1.165, 1.54) is 17.0 Å². The average Bonchev–Trinajstić information content (AvgIpc) is 3.23. The van der Waals surface area contributed by atoms with E-state index >= 15 is 0 Å². The number of nitrogens with zero attached hydrogens (tertiary/aromatic N) is 6. The molecule has 16 heteroatoms. The fourth-order valence-corrected chi connectivity index (χ4v) is 3.97. The number of hydrogen-bond donors (Lipinski definition) is 3. The van der Waals surface area contributed by atoms with E-state index in [-0.39, 0.29) is 27.4 Å². The van der Waals surface area contributed by atoms with Gasteiger partial charge >= 0.3 is 10.3 Å². The van der Waals surface area contributed by atoms with E-state index in [1.807, 2.05) is 0 Å². The van der Waals surface area contributed by atoms with E-state index in [0.29, 0.717) is 5.69 Å². The Labute approximate surface area is 168 Å². The molecule has 4 N–H and O–H groups in total. The minimum atomic E-state index is -4.71. The molecule has 0 saturated carbocycles. The first-order valence-corrected chi connectivity index (χ1v) is 10.2. The number of nitrogens with two attached hydrogens (primary N) is 1. The van der Waals surface area contributed by atoms with Crippen molar-refractivity contribution in [3.8, 4) is 0 Å². The maximum absolute atomic E-state index is 12.6. The third-order valence-corrected chi connectivity index (χ3v) is 5.55. The number of nitrogens with one attached hydrogen (secondary N) is 1. The molecule has 0 unspecified atom stereocenters. The predicted molar refractivity (Wildman–Crippen MR) is 98.6 cm³/mol. The molecule has 29 heavy (non-hydrogen) atoms. The molecule has 0 spiro atoms. The lowest BCUT2D eigenvalue weighted by atomic mass is 10.0. The van der Waals surface area contributed by atoms with Gasteiger partial charge in [-0.1, -0.05) is 10.4 Å². The van der Waals surface area contributed by atoms with Crippen molar-refractivity contribution in [2.24, 2.45) is 12.2 Å². The van der Waals surface area contributed by atoms with Crippen molar-refractivity contribution in [3.63, 3.8) is 0 Å². The molecule has 2 aromatic heterocycles. The summed E-state index contributed by atoms with van der Waals surface area (Å²) < 4.78 is 33.1. The van der Waals surface area contributed by atoms with Crippen molar-refractivity contribution in [1.29, 1.82) is 0 Å². The highest BCUT2D eigenvalue weighted by Crippen LogP contribution is 2.23. The van der Waals surface area contributed by atoms with Gasteiger partial charge in [0.05, 0.1) is 12.2 Å². The number of aryl methyl sites for hydroxylation is 1. The SMILES string of the molecule is C[C@H]1[C@H](NC(=O)/C(=N\OCc2cn(C)nn2)c2csc(N)n2)C(=O)N1S(=O)(=O)O. The summed E-state index contributed by atoms with van der Waals surface area (Å²) in [6.07, 6.45) is 1.59. The number of nitrogen functional groups attached to an aromatic ring is 1. The molecule has 0 aliphatic carbocycles. The topological polar surface area (TPSA) is 195 Å². The highest BCUT2D eigenvalue weighted by Gasteiger charge is 2.51. The van der Waals surface area contributed by atoms with Gasteiger partial charge in [0, 0.05) is 12.4 Å². The molecule has 1 aliphatic rings. The van der Waals surface area contributed by atoms with E-state index in [4.69, 9.17) is 15.1 Å². The molecular formula is C13H16N8O6S2. The Morgan fingerprint density at radius 3 is 2.76 bits per heavy atom. The largest absolute Gasteiger partial charge is 0.388 e.